The molecule has 2 rings (SSSR count). The zero-order chi connectivity index (χ0) is 16.2. The van der Waals surface area contributed by atoms with Gasteiger partial charge in [0.15, 0.2) is 0 Å². The molecule has 1 heterocycles. The topological polar surface area (TPSA) is 81.7 Å². The first kappa shape index (κ1) is 17.2. The maximum atomic E-state index is 12.1. The van der Waals surface area contributed by atoms with Crippen LogP contribution in [0.25, 0.3) is 0 Å². The Labute approximate surface area is 134 Å². The van der Waals surface area contributed by atoms with Crippen LogP contribution in [0, 0.1) is 0 Å². The first-order chi connectivity index (χ1) is 10.4. The maximum Gasteiger partial charge on any atom is 0.264 e. The molecule has 0 bridgehead atoms. The van der Waals surface area contributed by atoms with Gasteiger partial charge >= 0.3 is 0 Å². The van der Waals surface area contributed by atoms with Crippen molar-refractivity contribution in [3.8, 4) is 0 Å². The fourth-order valence-corrected chi connectivity index (χ4v) is 3.36. The molecule has 8 heteroatoms. The first-order valence-electron chi connectivity index (χ1n) is 6.94. The number of carbonyl (C=O) groups excluding carboxylic acids is 1. The Bertz CT molecular complexity index is 628. The molecule has 2 atom stereocenters. The summed E-state index contributed by atoms with van der Waals surface area (Å²) in [6.45, 7) is 2.46. The monoisotopic (exact) mass is 347 g/mol. The van der Waals surface area contributed by atoms with E-state index in [-0.39, 0.29) is 22.6 Å². The van der Waals surface area contributed by atoms with E-state index in [1.807, 2.05) is 4.72 Å². The number of hydrogen-bond acceptors (Lipinski definition) is 5. The van der Waals surface area contributed by atoms with Gasteiger partial charge in [-0.1, -0.05) is 17.7 Å². The van der Waals surface area contributed by atoms with Crippen molar-refractivity contribution in [1.29, 1.82) is 0 Å². The molecule has 1 aromatic rings. The van der Waals surface area contributed by atoms with Crippen LogP contribution in [-0.4, -0.2) is 39.7 Å². The van der Waals surface area contributed by atoms with Crippen molar-refractivity contribution in [2.75, 3.05) is 13.2 Å². The number of halogens is 1. The highest BCUT2D eigenvalue weighted by Crippen LogP contribution is 2.16. The minimum absolute atomic E-state index is 0.0280. The van der Waals surface area contributed by atoms with Gasteiger partial charge in [0.05, 0.1) is 17.6 Å². The van der Waals surface area contributed by atoms with Crippen LogP contribution in [0.3, 0.4) is 0 Å². The summed E-state index contributed by atoms with van der Waals surface area (Å²) in [6, 6.07) is 5.68. The predicted octanol–water partition coefficient (Wildman–Crippen LogP) is 1.73. The molecule has 1 N–H and O–H groups in total. The van der Waals surface area contributed by atoms with Crippen molar-refractivity contribution in [1.82, 2.24) is 4.72 Å². The van der Waals surface area contributed by atoms with Crippen LogP contribution in [0.1, 0.15) is 19.8 Å². The van der Waals surface area contributed by atoms with E-state index in [4.69, 9.17) is 21.1 Å². The predicted molar refractivity (Wildman–Crippen MR) is 81.2 cm³/mol. The van der Waals surface area contributed by atoms with Crippen molar-refractivity contribution in [3.05, 3.63) is 29.3 Å². The van der Waals surface area contributed by atoms with Crippen molar-refractivity contribution in [2.45, 2.75) is 36.9 Å². The van der Waals surface area contributed by atoms with E-state index in [1.165, 1.54) is 25.1 Å². The minimum atomic E-state index is -3.96. The van der Waals surface area contributed by atoms with Gasteiger partial charge in [0.2, 0.25) is 0 Å². The highest BCUT2D eigenvalue weighted by atomic mass is 35.5. The van der Waals surface area contributed by atoms with Crippen LogP contribution in [0.5, 0.6) is 0 Å². The van der Waals surface area contributed by atoms with Gasteiger partial charge in [0.25, 0.3) is 15.9 Å². The summed E-state index contributed by atoms with van der Waals surface area (Å²) in [5.74, 6) is -0.724. The lowest BCUT2D eigenvalue weighted by Crippen LogP contribution is -2.39. The van der Waals surface area contributed by atoms with Crippen LogP contribution in [0.4, 0.5) is 0 Å². The fraction of sp³-hybridized carbons (Fsp3) is 0.500. The Balaban J connectivity index is 1.92. The largest absolute Gasteiger partial charge is 0.376 e. The zero-order valence-electron chi connectivity index (χ0n) is 12.1. The number of sulfonamides is 1. The average molecular weight is 348 g/mol. The van der Waals surface area contributed by atoms with E-state index >= 15 is 0 Å². The second kappa shape index (κ2) is 7.41. The molecule has 1 aliphatic heterocycles. The highest BCUT2D eigenvalue weighted by molar-refractivity contribution is 7.90. The van der Waals surface area contributed by atoms with E-state index in [9.17, 15) is 13.2 Å². The van der Waals surface area contributed by atoms with E-state index in [1.54, 1.807) is 6.07 Å². The lowest BCUT2D eigenvalue weighted by Gasteiger charge is -2.16. The van der Waals surface area contributed by atoms with Gasteiger partial charge in [0, 0.05) is 11.6 Å². The summed E-state index contributed by atoms with van der Waals surface area (Å²) in [4.78, 5) is 11.9. The van der Waals surface area contributed by atoms with Gasteiger partial charge in [-0.25, -0.2) is 13.1 Å². The number of carbonyl (C=O) groups is 1. The molecule has 1 aromatic carbocycles. The quantitative estimate of drug-likeness (QED) is 0.847. The molecule has 6 nitrogen and oxygen atoms in total. The van der Waals surface area contributed by atoms with E-state index < -0.39 is 22.0 Å². The Morgan fingerprint density at radius 3 is 2.95 bits per heavy atom. The molecule has 0 saturated carbocycles. The Hall–Kier alpha value is -1.15. The van der Waals surface area contributed by atoms with Crippen LogP contribution in [0.2, 0.25) is 5.02 Å². The summed E-state index contributed by atoms with van der Waals surface area (Å²) in [5.41, 5.74) is 0. The second-order valence-corrected chi connectivity index (χ2v) is 7.16. The number of nitrogens with one attached hydrogen (secondary N) is 1. The average Bonchev–Trinajstić information content (AvgIpc) is 2.97. The highest BCUT2D eigenvalue weighted by Gasteiger charge is 2.24. The maximum absolute atomic E-state index is 12.1. The number of amides is 1. The first-order valence-corrected chi connectivity index (χ1v) is 8.80. The Kier molecular flexibility index (Phi) is 5.80. The molecule has 1 aliphatic rings. The standard InChI is InChI=1S/C14H18ClNO5S/c1-10(21-9-12-5-3-7-20-12)14(17)16-22(18,19)13-6-2-4-11(15)8-13/h2,4,6,8,10,12H,3,5,7,9H2,1H3,(H,16,17)/t10-,12-/m1/s1. The van der Waals surface area contributed by atoms with E-state index in [0.29, 0.717) is 6.61 Å². The molecule has 22 heavy (non-hydrogen) atoms. The smallest absolute Gasteiger partial charge is 0.264 e. The van der Waals surface area contributed by atoms with Gasteiger partial charge in [-0.3, -0.25) is 4.79 Å². The van der Waals surface area contributed by atoms with Crippen molar-refractivity contribution in [3.63, 3.8) is 0 Å². The van der Waals surface area contributed by atoms with Crippen molar-refractivity contribution >= 4 is 27.5 Å². The molecule has 0 unspecified atom stereocenters. The van der Waals surface area contributed by atoms with E-state index in [2.05, 4.69) is 0 Å². The van der Waals surface area contributed by atoms with Crippen molar-refractivity contribution in [2.24, 2.45) is 0 Å². The van der Waals surface area contributed by atoms with Gasteiger partial charge in [0.1, 0.15) is 6.10 Å². The number of hydrogen-bond donors (Lipinski definition) is 1. The molecular formula is C14H18ClNO5S. The second-order valence-electron chi connectivity index (χ2n) is 5.04. The van der Waals surface area contributed by atoms with Gasteiger partial charge in [-0.15, -0.1) is 0 Å². The number of ether oxygens (including phenoxy) is 2. The lowest BCUT2D eigenvalue weighted by molar-refractivity contribution is -0.131. The van der Waals surface area contributed by atoms with Crippen LogP contribution < -0.4 is 4.72 Å². The molecule has 0 aliphatic carbocycles. The molecule has 0 radical (unpaired) electrons. The van der Waals surface area contributed by atoms with Gasteiger partial charge in [-0.2, -0.15) is 0 Å². The fourth-order valence-electron chi connectivity index (χ4n) is 2.01. The Morgan fingerprint density at radius 2 is 2.32 bits per heavy atom. The minimum Gasteiger partial charge on any atom is -0.376 e. The van der Waals surface area contributed by atoms with Gasteiger partial charge in [-0.05, 0) is 38.0 Å². The molecule has 1 fully saturated rings. The third kappa shape index (κ3) is 4.67. The SMILES string of the molecule is C[C@@H](OC[C@H]1CCCO1)C(=O)NS(=O)(=O)c1cccc(Cl)c1. The van der Waals surface area contributed by atoms with Crippen molar-refractivity contribution < 1.29 is 22.7 Å². The number of benzene rings is 1. The summed E-state index contributed by atoms with van der Waals surface area (Å²) < 4.78 is 36.9. The molecule has 0 aromatic heterocycles. The molecule has 122 valence electrons. The zero-order valence-corrected chi connectivity index (χ0v) is 13.7. The third-order valence-corrected chi connectivity index (χ3v) is 4.85. The summed E-state index contributed by atoms with van der Waals surface area (Å²) in [5, 5.41) is 0.276. The summed E-state index contributed by atoms with van der Waals surface area (Å²) >= 11 is 5.76. The third-order valence-electron chi connectivity index (χ3n) is 3.27. The molecule has 0 spiro atoms. The number of rotatable bonds is 6. The molecular weight excluding hydrogens is 330 g/mol. The van der Waals surface area contributed by atoms with Gasteiger partial charge < -0.3 is 9.47 Å². The summed E-state index contributed by atoms with van der Waals surface area (Å²) in [7, 11) is -3.96. The Morgan fingerprint density at radius 1 is 1.55 bits per heavy atom. The molecule has 1 saturated heterocycles. The lowest BCUT2D eigenvalue weighted by atomic mass is 10.2. The normalized spacial score (nSPS) is 19.8. The van der Waals surface area contributed by atoms with E-state index in [0.717, 1.165) is 12.8 Å². The summed E-state index contributed by atoms with van der Waals surface area (Å²) in [6.07, 6.45) is 0.936. The van der Waals surface area contributed by atoms with Crippen LogP contribution in [-0.2, 0) is 24.3 Å². The van der Waals surface area contributed by atoms with Crippen LogP contribution >= 0.6 is 11.6 Å². The van der Waals surface area contributed by atoms with Crippen LogP contribution in [0.15, 0.2) is 29.2 Å². The molecule has 1 amide bonds.